The number of benzene rings is 1. The molecule has 1 aromatic carbocycles. The van der Waals surface area contributed by atoms with Gasteiger partial charge in [-0.1, -0.05) is 32.1 Å². The molecule has 2 fully saturated rings. The molecule has 3 rings (SSSR count). The molecule has 2 aliphatic rings. The summed E-state index contributed by atoms with van der Waals surface area (Å²) in [6.45, 7) is 8.06. The van der Waals surface area contributed by atoms with Crippen LogP contribution in [0.2, 0.25) is 0 Å². The van der Waals surface area contributed by atoms with E-state index in [0.29, 0.717) is 12.8 Å². The Labute approximate surface area is 207 Å². The molecule has 0 spiro atoms. The summed E-state index contributed by atoms with van der Waals surface area (Å²) in [5.41, 5.74) is 0.467. The molecule has 1 aromatic rings. The standard InChI is InChI=1S/C26H38O9/c1-8-26(2,3)23-21(34-25(35-23)16-9-11-17(29-5)12-10-16)19(30-6)13-18-14-20(31-7)22(24(27)33-18)32-15-28-4/h8-12,18-23,25H,1,13-15H2,2-7H3/t18-,19-,20-,21+,22+,23-,25?/m1/s1. The minimum atomic E-state index is -0.838. The zero-order valence-corrected chi connectivity index (χ0v) is 21.4. The Bertz CT molecular complexity index is 825. The van der Waals surface area contributed by atoms with Crippen molar-refractivity contribution in [3.05, 3.63) is 42.5 Å². The van der Waals surface area contributed by atoms with E-state index < -0.39 is 48.2 Å². The Morgan fingerprint density at radius 2 is 1.86 bits per heavy atom. The fourth-order valence-corrected chi connectivity index (χ4v) is 4.49. The molecule has 0 aromatic heterocycles. The molecule has 7 atom stereocenters. The molecular formula is C26H38O9. The van der Waals surface area contributed by atoms with Crippen LogP contribution >= 0.6 is 0 Å². The summed E-state index contributed by atoms with van der Waals surface area (Å²) in [6.07, 6.45) is -0.762. The van der Waals surface area contributed by atoms with Crippen LogP contribution in [0.5, 0.6) is 5.75 Å². The fourth-order valence-electron chi connectivity index (χ4n) is 4.49. The molecule has 0 saturated carbocycles. The van der Waals surface area contributed by atoms with Gasteiger partial charge in [0, 0.05) is 45.1 Å². The quantitative estimate of drug-likeness (QED) is 0.246. The molecule has 2 aliphatic heterocycles. The van der Waals surface area contributed by atoms with Crippen molar-refractivity contribution in [1.82, 2.24) is 0 Å². The summed E-state index contributed by atoms with van der Waals surface area (Å²) >= 11 is 0. The molecule has 9 heteroatoms. The summed E-state index contributed by atoms with van der Waals surface area (Å²) in [6, 6.07) is 7.56. The number of hydrogen-bond acceptors (Lipinski definition) is 9. The predicted molar refractivity (Wildman–Crippen MR) is 127 cm³/mol. The first-order valence-electron chi connectivity index (χ1n) is 11.7. The van der Waals surface area contributed by atoms with Gasteiger partial charge < -0.3 is 37.9 Å². The Morgan fingerprint density at radius 1 is 1.14 bits per heavy atom. The maximum Gasteiger partial charge on any atom is 0.338 e. The van der Waals surface area contributed by atoms with Gasteiger partial charge in [0.2, 0.25) is 0 Å². The van der Waals surface area contributed by atoms with E-state index in [-0.39, 0.29) is 12.9 Å². The second-order valence-electron chi connectivity index (χ2n) is 9.36. The largest absolute Gasteiger partial charge is 0.497 e. The van der Waals surface area contributed by atoms with Gasteiger partial charge in [-0.3, -0.25) is 0 Å². The van der Waals surface area contributed by atoms with E-state index in [1.807, 2.05) is 44.2 Å². The summed E-state index contributed by atoms with van der Waals surface area (Å²) in [5.74, 6) is 0.267. The average Bonchev–Trinajstić information content (AvgIpc) is 3.32. The molecule has 35 heavy (non-hydrogen) atoms. The second kappa shape index (κ2) is 12.3. The van der Waals surface area contributed by atoms with E-state index in [1.165, 1.54) is 7.11 Å². The minimum Gasteiger partial charge on any atom is -0.497 e. The zero-order chi connectivity index (χ0) is 25.6. The molecule has 0 amide bonds. The van der Waals surface area contributed by atoms with Gasteiger partial charge >= 0.3 is 5.97 Å². The molecular weight excluding hydrogens is 456 g/mol. The minimum absolute atomic E-state index is 0.0245. The Hall–Kier alpha value is -2.01. The number of carbonyl (C=O) groups is 1. The lowest BCUT2D eigenvalue weighted by atomic mass is 9.81. The number of methoxy groups -OCH3 is 4. The number of cyclic esters (lactones) is 1. The van der Waals surface area contributed by atoms with Crippen molar-refractivity contribution in [3.8, 4) is 5.75 Å². The lowest BCUT2D eigenvalue weighted by Gasteiger charge is -2.37. The van der Waals surface area contributed by atoms with Gasteiger partial charge in [-0.25, -0.2) is 4.79 Å². The van der Waals surface area contributed by atoms with Gasteiger partial charge in [0.05, 0.1) is 25.4 Å². The van der Waals surface area contributed by atoms with Gasteiger partial charge in [0.15, 0.2) is 12.4 Å². The SMILES string of the molecule is C=CC(C)(C)[C@@H]1OC(c2ccc(OC)cc2)O[C@H]1[C@@H](C[C@@H]1C[C@@H](OC)[C@H](OCOC)C(=O)O1)OC. The Morgan fingerprint density at radius 3 is 2.43 bits per heavy atom. The molecule has 1 unspecified atom stereocenters. The third-order valence-electron chi connectivity index (χ3n) is 6.68. The van der Waals surface area contributed by atoms with Crippen LogP contribution in [-0.4, -0.2) is 77.8 Å². The van der Waals surface area contributed by atoms with Crippen molar-refractivity contribution in [2.45, 2.75) is 69.6 Å². The van der Waals surface area contributed by atoms with Gasteiger partial charge in [-0.05, 0) is 12.1 Å². The molecule has 2 saturated heterocycles. The zero-order valence-electron chi connectivity index (χ0n) is 21.4. The van der Waals surface area contributed by atoms with E-state index in [1.54, 1.807) is 21.3 Å². The van der Waals surface area contributed by atoms with Gasteiger partial charge in [-0.15, -0.1) is 6.58 Å². The van der Waals surface area contributed by atoms with Crippen LogP contribution < -0.4 is 4.74 Å². The monoisotopic (exact) mass is 494 g/mol. The van der Waals surface area contributed by atoms with Gasteiger partial charge in [0.1, 0.15) is 24.8 Å². The smallest absolute Gasteiger partial charge is 0.338 e. The molecule has 2 heterocycles. The van der Waals surface area contributed by atoms with Crippen LogP contribution in [0, 0.1) is 5.41 Å². The Kier molecular flexibility index (Phi) is 9.69. The molecule has 0 N–H and O–H groups in total. The number of ether oxygens (including phenoxy) is 8. The Balaban J connectivity index is 1.77. The highest BCUT2D eigenvalue weighted by Crippen LogP contribution is 2.43. The van der Waals surface area contributed by atoms with E-state index in [4.69, 9.17) is 37.9 Å². The lowest BCUT2D eigenvalue weighted by Crippen LogP contribution is -2.50. The highest BCUT2D eigenvalue weighted by molar-refractivity contribution is 5.76. The third-order valence-corrected chi connectivity index (χ3v) is 6.68. The second-order valence-corrected chi connectivity index (χ2v) is 9.36. The van der Waals surface area contributed by atoms with E-state index in [0.717, 1.165) is 11.3 Å². The van der Waals surface area contributed by atoms with Crippen LogP contribution in [0.1, 0.15) is 38.5 Å². The number of hydrogen-bond donors (Lipinski definition) is 0. The average molecular weight is 495 g/mol. The molecule has 196 valence electrons. The van der Waals surface area contributed by atoms with E-state index in [9.17, 15) is 4.79 Å². The molecule has 0 bridgehead atoms. The van der Waals surface area contributed by atoms with Gasteiger partial charge in [0.25, 0.3) is 0 Å². The first kappa shape index (κ1) is 27.6. The van der Waals surface area contributed by atoms with Crippen molar-refractivity contribution in [3.63, 3.8) is 0 Å². The fraction of sp³-hybridized carbons (Fsp3) is 0.654. The molecule has 0 aliphatic carbocycles. The van der Waals surface area contributed by atoms with Crippen LogP contribution in [0.4, 0.5) is 0 Å². The maximum absolute atomic E-state index is 12.6. The van der Waals surface area contributed by atoms with E-state index >= 15 is 0 Å². The van der Waals surface area contributed by atoms with Gasteiger partial charge in [-0.2, -0.15) is 0 Å². The predicted octanol–water partition coefficient (Wildman–Crippen LogP) is 3.41. The number of esters is 1. The van der Waals surface area contributed by atoms with Crippen LogP contribution in [0.3, 0.4) is 0 Å². The highest BCUT2D eigenvalue weighted by Gasteiger charge is 2.49. The topological polar surface area (TPSA) is 90.9 Å². The van der Waals surface area contributed by atoms with Crippen molar-refractivity contribution in [2.75, 3.05) is 35.2 Å². The summed E-state index contributed by atoms with van der Waals surface area (Å²) in [7, 11) is 6.28. The first-order valence-corrected chi connectivity index (χ1v) is 11.7. The molecule has 0 radical (unpaired) electrons. The van der Waals surface area contributed by atoms with Crippen molar-refractivity contribution < 1.29 is 42.7 Å². The van der Waals surface area contributed by atoms with Crippen LogP contribution in [0.25, 0.3) is 0 Å². The summed E-state index contributed by atoms with van der Waals surface area (Å²) in [5, 5.41) is 0. The van der Waals surface area contributed by atoms with Crippen LogP contribution in [0.15, 0.2) is 36.9 Å². The van der Waals surface area contributed by atoms with Crippen molar-refractivity contribution >= 4 is 5.97 Å². The molecule has 9 nitrogen and oxygen atoms in total. The van der Waals surface area contributed by atoms with Crippen LogP contribution in [-0.2, 0) is 38.0 Å². The van der Waals surface area contributed by atoms with E-state index in [2.05, 4.69) is 6.58 Å². The summed E-state index contributed by atoms with van der Waals surface area (Å²) < 4.78 is 45.6. The lowest BCUT2D eigenvalue weighted by molar-refractivity contribution is -0.204. The number of carbonyl (C=O) groups excluding carboxylic acids is 1. The van der Waals surface area contributed by atoms with Crippen molar-refractivity contribution in [1.29, 1.82) is 0 Å². The summed E-state index contributed by atoms with van der Waals surface area (Å²) in [4.78, 5) is 12.6. The van der Waals surface area contributed by atoms with Crippen molar-refractivity contribution in [2.24, 2.45) is 5.41 Å². The number of rotatable bonds is 12. The third kappa shape index (κ3) is 6.41. The first-order chi connectivity index (χ1) is 16.8. The normalized spacial score (nSPS) is 30.1. The highest BCUT2D eigenvalue weighted by atomic mass is 16.7. The maximum atomic E-state index is 12.6.